The van der Waals surface area contributed by atoms with Crippen molar-refractivity contribution in [2.45, 2.75) is 50.1 Å². The minimum atomic E-state index is -0.0389. The molecule has 1 N–H and O–H groups in total. The van der Waals surface area contributed by atoms with Crippen molar-refractivity contribution in [2.24, 2.45) is 0 Å². The van der Waals surface area contributed by atoms with Gasteiger partial charge in [-0.2, -0.15) is 0 Å². The molecule has 5 heteroatoms. The second kappa shape index (κ2) is 7.77. The zero-order valence-corrected chi connectivity index (χ0v) is 16.3. The number of thioether (sulfide) groups is 1. The monoisotopic (exact) mass is 380 g/mol. The molecule has 1 fully saturated rings. The first-order chi connectivity index (χ1) is 13.1. The smallest absolute Gasteiger partial charge is 0.251 e. The molecule has 2 aromatic carbocycles. The highest BCUT2D eigenvalue weighted by atomic mass is 32.2. The third-order valence-corrected chi connectivity index (χ3v) is 6.36. The number of carbonyl (C=O) groups is 2. The third kappa shape index (κ3) is 4.03. The lowest BCUT2D eigenvalue weighted by Gasteiger charge is -2.29. The Hall–Kier alpha value is -2.27. The Bertz CT molecular complexity index is 857. The van der Waals surface area contributed by atoms with Crippen molar-refractivity contribution in [1.82, 2.24) is 5.32 Å². The second-order valence-corrected chi connectivity index (χ2v) is 8.41. The normalized spacial score (nSPS) is 17.1. The molecule has 27 heavy (non-hydrogen) atoms. The number of rotatable bonds is 4. The van der Waals surface area contributed by atoms with Crippen LogP contribution >= 0.6 is 11.8 Å². The molecule has 2 aliphatic rings. The number of amides is 2. The molecule has 0 aromatic heterocycles. The van der Waals surface area contributed by atoms with Crippen LogP contribution in [-0.2, 0) is 11.3 Å². The molecule has 2 aromatic rings. The highest BCUT2D eigenvalue weighted by molar-refractivity contribution is 8.00. The molecule has 4 nitrogen and oxygen atoms in total. The summed E-state index contributed by atoms with van der Waals surface area (Å²) in [5.41, 5.74) is 3.76. The van der Waals surface area contributed by atoms with Crippen molar-refractivity contribution in [3.05, 3.63) is 59.2 Å². The first kappa shape index (κ1) is 18.1. The maximum Gasteiger partial charge on any atom is 0.251 e. The van der Waals surface area contributed by atoms with Gasteiger partial charge in [0, 0.05) is 16.5 Å². The fraction of sp³-hybridized carbons (Fsp3) is 0.364. The first-order valence-corrected chi connectivity index (χ1v) is 10.5. The molecule has 1 heterocycles. The molecule has 0 saturated heterocycles. The van der Waals surface area contributed by atoms with E-state index in [0.717, 1.165) is 29.0 Å². The van der Waals surface area contributed by atoms with Gasteiger partial charge in [-0.15, -0.1) is 11.8 Å². The summed E-state index contributed by atoms with van der Waals surface area (Å²) in [6, 6.07) is 14.2. The van der Waals surface area contributed by atoms with Crippen molar-refractivity contribution >= 4 is 29.3 Å². The Balaban J connectivity index is 1.58. The molecule has 1 saturated carbocycles. The van der Waals surface area contributed by atoms with E-state index >= 15 is 0 Å². The number of hydrogen-bond donors (Lipinski definition) is 1. The minimum Gasteiger partial charge on any atom is -0.349 e. The summed E-state index contributed by atoms with van der Waals surface area (Å²) in [6.07, 6.45) is 4.49. The molecule has 0 radical (unpaired) electrons. The number of nitrogens with one attached hydrogen (secondary N) is 1. The Morgan fingerprint density at radius 2 is 1.89 bits per heavy atom. The number of benzene rings is 2. The Labute approximate surface area is 164 Å². The van der Waals surface area contributed by atoms with Crippen LogP contribution in [0.5, 0.6) is 0 Å². The lowest BCUT2D eigenvalue weighted by molar-refractivity contribution is -0.116. The summed E-state index contributed by atoms with van der Waals surface area (Å²) in [6.45, 7) is 2.58. The van der Waals surface area contributed by atoms with E-state index in [2.05, 4.69) is 36.5 Å². The maximum absolute atomic E-state index is 12.6. The minimum absolute atomic E-state index is 0.0389. The largest absolute Gasteiger partial charge is 0.349 e. The van der Waals surface area contributed by atoms with Crippen LogP contribution in [0, 0.1) is 6.92 Å². The summed E-state index contributed by atoms with van der Waals surface area (Å²) in [5.74, 6) is 0.483. The Morgan fingerprint density at radius 1 is 1.15 bits per heavy atom. The van der Waals surface area contributed by atoms with Gasteiger partial charge in [-0.25, -0.2) is 0 Å². The van der Waals surface area contributed by atoms with Gasteiger partial charge >= 0.3 is 0 Å². The maximum atomic E-state index is 12.6. The highest BCUT2D eigenvalue weighted by Crippen LogP contribution is 2.37. The summed E-state index contributed by atoms with van der Waals surface area (Å²) >= 11 is 1.54. The van der Waals surface area contributed by atoms with Gasteiger partial charge in [0.1, 0.15) is 0 Å². The van der Waals surface area contributed by atoms with E-state index < -0.39 is 0 Å². The van der Waals surface area contributed by atoms with Gasteiger partial charge in [-0.1, -0.05) is 42.7 Å². The SMILES string of the molecule is Cc1ccc(CN2C(=O)CSc3ccc(C(=O)NC4CCCC4)cc32)cc1. The van der Waals surface area contributed by atoms with Crippen molar-refractivity contribution in [3.63, 3.8) is 0 Å². The van der Waals surface area contributed by atoms with Gasteiger partial charge in [0.25, 0.3) is 5.91 Å². The van der Waals surface area contributed by atoms with E-state index in [4.69, 9.17) is 0 Å². The van der Waals surface area contributed by atoms with Gasteiger partial charge in [-0.3, -0.25) is 9.59 Å². The zero-order valence-electron chi connectivity index (χ0n) is 15.5. The van der Waals surface area contributed by atoms with Crippen LogP contribution < -0.4 is 10.2 Å². The average molecular weight is 381 g/mol. The van der Waals surface area contributed by atoms with Crippen LogP contribution in [0.15, 0.2) is 47.4 Å². The van der Waals surface area contributed by atoms with Crippen molar-refractivity contribution in [1.29, 1.82) is 0 Å². The van der Waals surface area contributed by atoms with E-state index in [9.17, 15) is 9.59 Å². The molecular weight excluding hydrogens is 356 g/mol. The second-order valence-electron chi connectivity index (χ2n) is 7.39. The molecule has 0 bridgehead atoms. The standard InChI is InChI=1S/C22H24N2O2S/c1-15-6-8-16(9-7-15)13-24-19-12-17(10-11-20(19)27-14-21(24)25)22(26)23-18-4-2-3-5-18/h6-12,18H,2-5,13-14H2,1H3,(H,23,26). The Kier molecular flexibility index (Phi) is 5.21. The molecule has 1 aliphatic carbocycles. The van der Waals surface area contributed by atoms with E-state index in [1.54, 1.807) is 11.8 Å². The fourth-order valence-electron chi connectivity index (χ4n) is 3.73. The molecule has 140 valence electrons. The topological polar surface area (TPSA) is 49.4 Å². The van der Waals surface area contributed by atoms with Crippen LogP contribution in [0.4, 0.5) is 5.69 Å². The van der Waals surface area contributed by atoms with Crippen LogP contribution in [0.3, 0.4) is 0 Å². The number of aryl methyl sites for hydroxylation is 1. The Morgan fingerprint density at radius 3 is 2.63 bits per heavy atom. The lowest BCUT2D eigenvalue weighted by atomic mass is 10.1. The number of anilines is 1. The summed E-state index contributed by atoms with van der Waals surface area (Å²) in [7, 11) is 0. The fourth-order valence-corrected chi connectivity index (χ4v) is 4.65. The van der Waals surface area contributed by atoms with Crippen LogP contribution in [0.2, 0.25) is 0 Å². The number of carbonyl (C=O) groups excluding carboxylic acids is 2. The molecule has 0 atom stereocenters. The van der Waals surface area contributed by atoms with Crippen LogP contribution in [-0.4, -0.2) is 23.6 Å². The summed E-state index contributed by atoms with van der Waals surface area (Å²) in [4.78, 5) is 28.1. The number of nitrogens with zero attached hydrogens (tertiary/aromatic N) is 1. The molecule has 2 amide bonds. The van der Waals surface area contributed by atoms with Crippen molar-refractivity contribution < 1.29 is 9.59 Å². The van der Waals surface area contributed by atoms with E-state index in [1.165, 1.54) is 18.4 Å². The van der Waals surface area contributed by atoms with Crippen molar-refractivity contribution in [2.75, 3.05) is 10.7 Å². The van der Waals surface area contributed by atoms with E-state index in [-0.39, 0.29) is 17.9 Å². The van der Waals surface area contributed by atoms with Crippen molar-refractivity contribution in [3.8, 4) is 0 Å². The summed E-state index contributed by atoms with van der Waals surface area (Å²) in [5, 5.41) is 3.13. The van der Waals surface area contributed by atoms with Gasteiger partial charge in [-0.05, 0) is 43.5 Å². The predicted molar refractivity (Wildman–Crippen MR) is 109 cm³/mol. The van der Waals surface area contributed by atoms with Gasteiger partial charge in [0.15, 0.2) is 0 Å². The number of hydrogen-bond acceptors (Lipinski definition) is 3. The zero-order chi connectivity index (χ0) is 18.8. The first-order valence-electron chi connectivity index (χ1n) is 9.54. The van der Waals surface area contributed by atoms with Crippen LogP contribution in [0.25, 0.3) is 0 Å². The van der Waals surface area contributed by atoms with Gasteiger partial charge in [0.05, 0.1) is 18.0 Å². The van der Waals surface area contributed by atoms with Gasteiger partial charge < -0.3 is 10.2 Å². The molecule has 0 spiro atoms. The average Bonchev–Trinajstić information content (AvgIpc) is 3.18. The lowest BCUT2D eigenvalue weighted by Crippen LogP contribution is -2.36. The predicted octanol–water partition coefficient (Wildman–Crippen LogP) is 4.31. The summed E-state index contributed by atoms with van der Waals surface area (Å²) < 4.78 is 0. The van der Waals surface area contributed by atoms with E-state index in [0.29, 0.717) is 17.9 Å². The quantitative estimate of drug-likeness (QED) is 0.860. The molecular formula is C22H24N2O2S. The van der Waals surface area contributed by atoms with Crippen LogP contribution in [0.1, 0.15) is 47.2 Å². The van der Waals surface area contributed by atoms with Gasteiger partial charge in [0.2, 0.25) is 5.91 Å². The molecule has 4 rings (SSSR count). The highest BCUT2D eigenvalue weighted by Gasteiger charge is 2.26. The van der Waals surface area contributed by atoms with E-state index in [1.807, 2.05) is 23.1 Å². The third-order valence-electron chi connectivity index (χ3n) is 5.32. The number of fused-ring (bicyclic) bond motifs is 1. The molecule has 0 unspecified atom stereocenters. The molecule has 1 aliphatic heterocycles.